The Morgan fingerprint density at radius 2 is 2.00 bits per heavy atom. The lowest BCUT2D eigenvalue weighted by Crippen LogP contribution is -2.20. The number of hydrogen-bond acceptors (Lipinski definition) is 3. The molecule has 86 valence electrons. The van der Waals surface area contributed by atoms with Crippen molar-refractivity contribution in [2.45, 2.75) is 17.0 Å². The molecule has 1 rings (SSSR count). The van der Waals surface area contributed by atoms with E-state index in [-0.39, 0.29) is 4.83 Å². The summed E-state index contributed by atoms with van der Waals surface area (Å²) in [6.07, 6.45) is 1.20. The van der Waals surface area contributed by atoms with Crippen LogP contribution in [0.1, 0.15) is 17.3 Å². The molecule has 0 saturated carbocycles. The van der Waals surface area contributed by atoms with Crippen molar-refractivity contribution in [3.63, 3.8) is 0 Å². The number of halogens is 3. The fourth-order valence-corrected chi connectivity index (χ4v) is 4.96. The van der Waals surface area contributed by atoms with Crippen molar-refractivity contribution in [3.05, 3.63) is 20.3 Å². The predicted molar refractivity (Wildman–Crippen MR) is 70.3 cm³/mol. The van der Waals surface area contributed by atoms with E-state index in [0.29, 0.717) is 8.67 Å². The van der Waals surface area contributed by atoms with E-state index in [9.17, 15) is 8.42 Å². The second-order valence-electron chi connectivity index (χ2n) is 3.22. The lowest BCUT2D eigenvalue weighted by molar-refractivity contribution is 0.588. The number of rotatable bonds is 3. The molecular formula is C8H9BrCl2O2S2. The fraction of sp³-hybridized carbons (Fsp3) is 0.500. The van der Waals surface area contributed by atoms with Crippen LogP contribution in [0.2, 0.25) is 8.67 Å². The highest BCUT2D eigenvalue weighted by Crippen LogP contribution is 2.41. The molecule has 0 aliphatic carbocycles. The van der Waals surface area contributed by atoms with Gasteiger partial charge in [0.25, 0.3) is 0 Å². The Balaban J connectivity index is 3.05. The summed E-state index contributed by atoms with van der Waals surface area (Å²) in [5.41, 5.74) is 0.726. The molecule has 0 aliphatic heterocycles. The maximum absolute atomic E-state index is 11.4. The van der Waals surface area contributed by atoms with Gasteiger partial charge < -0.3 is 0 Å². The van der Waals surface area contributed by atoms with E-state index in [4.69, 9.17) is 23.2 Å². The molecule has 2 nitrogen and oxygen atoms in total. The van der Waals surface area contributed by atoms with Crippen molar-refractivity contribution in [3.8, 4) is 0 Å². The molecule has 15 heavy (non-hydrogen) atoms. The van der Waals surface area contributed by atoms with Crippen LogP contribution in [-0.2, 0) is 9.84 Å². The number of hydrogen-bond donors (Lipinski definition) is 0. The lowest BCUT2D eigenvalue weighted by Gasteiger charge is -2.15. The van der Waals surface area contributed by atoms with Crippen LogP contribution in [0.3, 0.4) is 0 Å². The quantitative estimate of drug-likeness (QED) is 0.773. The van der Waals surface area contributed by atoms with Crippen LogP contribution in [0.4, 0.5) is 0 Å². The van der Waals surface area contributed by atoms with Gasteiger partial charge in [0.2, 0.25) is 0 Å². The highest BCUT2D eigenvalue weighted by molar-refractivity contribution is 9.09. The molecule has 0 aliphatic rings. The van der Waals surface area contributed by atoms with Crippen molar-refractivity contribution >= 4 is 60.3 Å². The van der Waals surface area contributed by atoms with Crippen LogP contribution in [0.15, 0.2) is 6.07 Å². The van der Waals surface area contributed by atoms with E-state index in [0.717, 1.165) is 5.56 Å². The fourth-order valence-electron chi connectivity index (χ4n) is 1.01. The van der Waals surface area contributed by atoms with Gasteiger partial charge in [0.1, 0.15) is 0 Å². The zero-order valence-electron chi connectivity index (χ0n) is 8.00. The van der Waals surface area contributed by atoms with E-state index in [1.165, 1.54) is 17.6 Å². The van der Waals surface area contributed by atoms with Gasteiger partial charge >= 0.3 is 0 Å². The van der Waals surface area contributed by atoms with Crippen LogP contribution in [0.5, 0.6) is 0 Å². The second-order valence-corrected chi connectivity index (χ2v) is 8.89. The van der Waals surface area contributed by atoms with E-state index in [1.54, 1.807) is 13.0 Å². The molecule has 0 bridgehead atoms. The Hall–Kier alpha value is 0.710. The molecule has 7 heteroatoms. The molecule has 1 heterocycles. The summed E-state index contributed by atoms with van der Waals surface area (Å²) in [6, 6.07) is 1.69. The Labute approximate surface area is 112 Å². The highest BCUT2D eigenvalue weighted by atomic mass is 79.9. The molecule has 1 aromatic rings. The summed E-state index contributed by atoms with van der Waals surface area (Å²) in [4.78, 5) is -0.330. The third kappa shape index (κ3) is 3.33. The first kappa shape index (κ1) is 13.8. The Kier molecular flexibility index (Phi) is 4.52. The van der Waals surface area contributed by atoms with Crippen LogP contribution >= 0.6 is 50.5 Å². The molecule has 0 saturated heterocycles. The molecule has 0 fully saturated rings. The molecule has 0 N–H and O–H groups in total. The van der Waals surface area contributed by atoms with Gasteiger partial charge in [-0.2, -0.15) is 0 Å². The summed E-state index contributed by atoms with van der Waals surface area (Å²) in [5.74, 6) is 0. The lowest BCUT2D eigenvalue weighted by atomic mass is 10.2. The minimum Gasteiger partial charge on any atom is -0.229 e. The van der Waals surface area contributed by atoms with E-state index < -0.39 is 15.1 Å². The summed E-state index contributed by atoms with van der Waals surface area (Å²) in [5, 5.41) is -0.541. The maximum atomic E-state index is 11.4. The first-order valence-electron chi connectivity index (χ1n) is 4.01. The SMILES string of the molecule is CC(C(Br)c1cc(Cl)sc1Cl)S(C)(=O)=O. The van der Waals surface area contributed by atoms with Gasteiger partial charge in [-0.15, -0.1) is 11.3 Å². The van der Waals surface area contributed by atoms with Gasteiger partial charge in [-0.3, -0.25) is 0 Å². The maximum Gasteiger partial charge on any atom is 0.151 e. The number of thiophene rings is 1. The van der Waals surface area contributed by atoms with Crippen LogP contribution in [0.25, 0.3) is 0 Å². The van der Waals surface area contributed by atoms with Crippen LogP contribution < -0.4 is 0 Å². The summed E-state index contributed by atoms with van der Waals surface area (Å²) >= 11 is 16.3. The molecule has 0 amide bonds. The monoisotopic (exact) mass is 350 g/mol. The normalized spacial score (nSPS) is 16.3. The Morgan fingerprint density at radius 1 is 1.47 bits per heavy atom. The van der Waals surface area contributed by atoms with Crippen LogP contribution in [-0.4, -0.2) is 19.9 Å². The zero-order chi connectivity index (χ0) is 11.8. The molecule has 0 aromatic carbocycles. The smallest absolute Gasteiger partial charge is 0.151 e. The van der Waals surface area contributed by atoms with E-state index in [1.807, 2.05) is 0 Å². The standard InChI is InChI=1S/C8H9BrCl2O2S2/c1-4(15(2,12)13)7(9)5-3-6(10)14-8(5)11/h3-4,7H,1-2H3. The molecule has 2 atom stereocenters. The largest absolute Gasteiger partial charge is 0.229 e. The minimum absolute atomic E-state index is 0.330. The minimum atomic E-state index is -3.10. The first-order valence-corrected chi connectivity index (χ1v) is 8.45. The van der Waals surface area contributed by atoms with Gasteiger partial charge in [-0.1, -0.05) is 39.1 Å². The number of sulfone groups is 1. The number of alkyl halides is 1. The molecular weight excluding hydrogens is 343 g/mol. The topological polar surface area (TPSA) is 34.1 Å². The van der Waals surface area contributed by atoms with Gasteiger partial charge in [0.05, 0.1) is 18.7 Å². The Morgan fingerprint density at radius 3 is 2.33 bits per heavy atom. The average molecular weight is 352 g/mol. The van der Waals surface area contributed by atoms with Gasteiger partial charge in [0.15, 0.2) is 9.84 Å². The van der Waals surface area contributed by atoms with E-state index >= 15 is 0 Å². The second kappa shape index (κ2) is 4.92. The predicted octanol–water partition coefficient (Wildman–Crippen LogP) is 3.92. The van der Waals surface area contributed by atoms with Crippen LogP contribution in [0, 0.1) is 0 Å². The first-order chi connectivity index (χ1) is 6.73. The average Bonchev–Trinajstić information content (AvgIpc) is 2.41. The van der Waals surface area contributed by atoms with Crippen molar-refractivity contribution in [1.82, 2.24) is 0 Å². The molecule has 0 spiro atoms. The molecule has 0 radical (unpaired) electrons. The van der Waals surface area contributed by atoms with Gasteiger partial charge in [-0.25, -0.2) is 8.42 Å². The summed E-state index contributed by atoms with van der Waals surface area (Å²) in [7, 11) is -3.10. The molecule has 1 aromatic heterocycles. The van der Waals surface area contributed by atoms with Crippen molar-refractivity contribution in [2.24, 2.45) is 0 Å². The highest BCUT2D eigenvalue weighted by Gasteiger charge is 2.27. The third-order valence-corrected chi connectivity index (χ3v) is 6.84. The summed E-state index contributed by atoms with van der Waals surface area (Å²) < 4.78 is 23.8. The summed E-state index contributed by atoms with van der Waals surface area (Å²) in [6.45, 7) is 1.64. The van der Waals surface area contributed by atoms with Crippen molar-refractivity contribution in [1.29, 1.82) is 0 Å². The van der Waals surface area contributed by atoms with Gasteiger partial charge in [0, 0.05) is 6.26 Å². The Bertz CT molecular complexity index is 455. The van der Waals surface area contributed by atoms with E-state index in [2.05, 4.69) is 15.9 Å². The van der Waals surface area contributed by atoms with Crippen molar-refractivity contribution in [2.75, 3.05) is 6.26 Å². The third-order valence-electron chi connectivity index (χ3n) is 2.07. The molecule has 2 unspecified atom stereocenters. The van der Waals surface area contributed by atoms with Gasteiger partial charge in [-0.05, 0) is 18.6 Å². The van der Waals surface area contributed by atoms with Crippen molar-refractivity contribution < 1.29 is 8.42 Å². The zero-order valence-corrected chi connectivity index (χ0v) is 12.7.